The van der Waals surface area contributed by atoms with E-state index in [1.54, 1.807) is 18.0 Å². The molecule has 1 aliphatic heterocycles. The Kier molecular flexibility index (Phi) is 7.86. The second-order valence-electron chi connectivity index (χ2n) is 8.77. The average Bonchev–Trinajstić information content (AvgIpc) is 3.42. The van der Waals surface area contributed by atoms with Crippen molar-refractivity contribution in [2.75, 3.05) is 38.8 Å². The summed E-state index contributed by atoms with van der Waals surface area (Å²) in [4.78, 5) is 10.5. The van der Waals surface area contributed by atoms with Crippen LogP contribution in [0.15, 0.2) is 89.0 Å². The van der Waals surface area contributed by atoms with Crippen LogP contribution in [0.5, 0.6) is 5.75 Å². The summed E-state index contributed by atoms with van der Waals surface area (Å²) in [7, 11) is -2.46. The Balaban J connectivity index is 1.50. The molecule has 12 nitrogen and oxygen atoms in total. The van der Waals surface area contributed by atoms with E-state index in [1.165, 1.54) is 22.7 Å². The number of hydrogen-bond donors (Lipinski definition) is 1. The van der Waals surface area contributed by atoms with Gasteiger partial charge in [0, 0.05) is 42.5 Å². The van der Waals surface area contributed by atoms with Crippen LogP contribution in [0.2, 0.25) is 0 Å². The molecule has 3 aromatic carbocycles. The molecule has 0 radical (unpaired) electrons. The van der Waals surface area contributed by atoms with E-state index in [9.17, 15) is 18.5 Å². The highest BCUT2D eigenvalue weighted by atomic mass is 32.2. The highest BCUT2D eigenvalue weighted by molar-refractivity contribution is 7.89. The lowest BCUT2D eigenvalue weighted by Gasteiger charge is -2.26. The van der Waals surface area contributed by atoms with Gasteiger partial charge in [0.15, 0.2) is 0 Å². The first-order valence-corrected chi connectivity index (χ1v) is 13.8. The molecule has 0 unspecified atom stereocenters. The molecule has 1 N–H and O–H groups in total. The Morgan fingerprint density at radius 3 is 2.48 bits per heavy atom. The van der Waals surface area contributed by atoms with Gasteiger partial charge in [-0.3, -0.25) is 15.5 Å². The van der Waals surface area contributed by atoms with E-state index in [0.29, 0.717) is 17.0 Å². The van der Waals surface area contributed by atoms with Crippen molar-refractivity contribution in [3.05, 3.63) is 94.7 Å². The number of para-hydroxylation sites is 1. The summed E-state index contributed by atoms with van der Waals surface area (Å²) in [6.07, 6.45) is 3.33. The number of methoxy groups -OCH3 is 1. The molecule has 13 heteroatoms. The third-order valence-electron chi connectivity index (χ3n) is 6.28. The molecular formula is C27H26N6O6S. The van der Waals surface area contributed by atoms with Crippen LogP contribution in [-0.2, 0) is 14.8 Å². The third kappa shape index (κ3) is 5.71. The summed E-state index contributed by atoms with van der Waals surface area (Å²) in [5, 5.41) is 20.5. The number of nitrogens with zero attached hydrogens (tertiary/aromatic N) is 5. The molecule has 0 spiro atoms. The Bertz CT molecular complexity index is 1630. The zero-order valence-electron chi connectivity index (χ0n) is 21.5. The van der Waals surface area contributed by atoms with Gasteiger partial charge in [-0.25, -0.2) is 13.1 Å². The molecule has 1 fully saturated rings. The number of sulfonamides is 1. The zero-order valence-corrected chi connectivity index (χ0v) is 22.3. The molecule has 5 rings (SSSR count). The van der Waals surface area contributed by atoms with Crippen molar-refractivity contribution in [3.8, 4) is 22.7 Å². The standard InChI is InChI=1S/C27H26N6O6S/c1-38-24-10-7-20(8-11-24)27-21(19-32(30-27)22-5-3-2-4-6-22)18-28-29-25-12-9-23(33(34)35)17-26(25)40(36,37)31-13-15-39-16-14-31/h2-12,17-19,29H,13-16H2,1H3/b28-18-. The largest absolute Gasteiger partial charge is 0.497 e. The van der Waals surface area contributed by atoms with Gasteiger partial charge in [0.2, 0.25) is 10.0 Å². The molecule has 0 atom stereocenters. The number of benzene rings is 3. The van der Waals surface area contributed by atoms with Crippen LogP contribution in [0.1, 0.15) is 5.56 Å². The highest BCUT2D eigenvalue weighted by Crippen LogP contribution is 2.30. The molecule has 0 bridgehead atoms. The van der Waals surface area contributed by atoms with E-state index in [0.717, 1.165) is 17.3 Å². The van der Waals surface area contributed by atoms with Crippen molar-refractivity contribution < 1.29 is 22.8 Å². The normalized spacial score (nSPS) is 14.3. The molecule has 40 heavy (non-hydrogen) atoms. The maximum absolute atomic E-state index is 13.4. The number of hydrazone groups is 1. The van der Waals surface area contributed by atoms with Crippen molar-refractivity contribution in [3.63, 3.8) is 0 Å². The number of ether oxygens (including phenoxy) is 2. The molecule has 2 heterocycles. The van der Waals surface area contributed by atoms with Crippen LogP contribution in [0.3, 0.4) is 0 Å². The number of hydrogen-bond acceptors (Lipinski definition) is 9. The van der Waals surface area contributed by atoms with Crippen LogP contribution in [0.4, 0.5) is 11.4 Å². The maximum Gasteiger partial charge on any atom is 0.270 e. The lowest BCUT2D eigenvalue weighted by atomic mass is 10.1. The van der Waals surface area contributed by atoms with Crippen molar-refractivity contribution in [2.45, 2.75) is 4.90 Å². The lowest BCUT2D eigenvalue weighted by molar-refractivity contribution is -0.385. The molecule has 206 valence electrons. The molecular weight excluding hydrogens is 536 g/mol. The summed E-state index contributed by atoms with van der Waals surface area (Å²) in [6.45, 7) is 0.790. The molecule has 1 aliphatic rings. The first-order valence-electron chi connectivity index (χ1n) is 12.3. The van der Waals surface area contributed by atoms with E-state index in [4.69, 9.17) is 14.6 Å². The number of non-ortho nitro benzene ring substituents is 1. The lowest BCUT2D eigenvalue weighted by Crippen LogP contribution is -2.40. The molecule has 0 aliphatic carbocycles. The zero-order chi connectivity index (χ0) is 28.1. The van der Waals surface area contributed by atoms with Gasteiger partial charge >= 0.3 is 0 Å². The van der Waals surface area contributed by atoms with E-state index in [-0.39, 0.29) is 42.6 Å². The van der Waals surface area contributed by atoms with E-state index in [1.807, 2.05) is 54.6 Å². The third-order valence-corrected chi connectivity index (χ3v) is 8.22. The van der Waals surface area contributed by atoms with E-state index < -0.39 is 14.9 Å². The number of aromatic nitrogens is 2. The maximum atomic E-state index is 13.4. The van der Waals surface area contributed by atoms with Crippen molar-refractivity contribution in [1.29, 1.82) is 0 Å². The summed E-state index contributed by atoms with van der Waals surface area (Å²) >= 11 is 0. The van der Waals surface area contributed by atoms with Crippen molar-refractivity contribution >= 4 is 27.6 Å². The summed E-state index contributed by atoms with van der Waals surface area (Å²) in [5.41, 5.74) is 5.50. The fraction of sp³-hybridized carbons (Fsp3) is 0.185. The summed E-state index contributed by atoms with van der Waals surface area (Å²) in [5.74, 6) is 0.704. The molecule has 0 saturated carbocycles. The molecule has 0 amide bonds. The topological polar surface area (TPSA) is 141 Å². The Morgan fingerprint density at radius 2 is 1.80 bits per heavy atom. The minimum absolute atomic E-state index is 0.106. The monoisotopic (exact) mass is 562 g/mol. The van der Waals surface area contributed by atoms with Gasteiger partial charge in [-0.05, 0) is 42.5 Å². The van der Waals surface area contributed by atoms with Crippen molar-refractivity contribution in [1.82, 2.24) is 14.1 Å². The predicted molar refractivity (Wildman–Crippen MR) is 149 cm³/mol. The number of nitro groups is 1. The van der Waals surface area contributed by atoms with Crippen LogP contribution in [0, 0.1) is 10.1 Å². The van der Waals surface area contributed by atoms with Gasteiger partial charge in [0.05, 0.1) is 42.8 Å². The van der Waals surface area contributed by atoms with E-state index in [2.05, 4.69) is 10.5 Å². The second kappa shape index (κ2) is 11.7. The number of nitro benzene ring substituents is 1. The molecule has 1 saturated heterocycles. The van der Waals surface area contributed by atoms with Crippen LogP contribution >= 0.6 is 0 Å². The molecule has 4 aromatic rings. The first kappa shape index (κ1) is 27.0. The second-order valence-corrected chi connectivity index (χ2v) is 10.7. The van der Waals surface area contributed by atoms with Gasteiger partial charge in [0.1, 0.15) is 16.3 Å². The fourth-order valence-electron chi connectivity index (χ4n) is 4.20. The van der Waals surface area contributed by atoms with Crippen LogP contribution in [0.25, 0.3) is 16.9 Å². The van der Waals surface area contributed by atoms with Crippen LogP contribution < -0.4 is 10.2 Å². The van der Waals surface area contributed by atoms with E-state index >= 15 is 0 Å². The van der Waals surface area contributed by atoms with Gasteiger partial charge in [-0.1, -0.05) is 18.2 Å². The molecule has 1 aromatic heterocycles. The number of rotatable bonds is 9. The Morgan fingerprint density at radius 1 is 1.07 bits per heavy atom. The first-order chi connectivity index (χ1) is 19.4. The minimum Gasteiger partial charge on any atom is -0.497 e. The quantitative estimate of drug-likeness (QED) is 0.184. The average molecular weight is 563 g/mol. The number of morpholine rings is 1. The van der Waals surface area contributed by atoms with Crippen LogP contribution in [-0.4, -0.2) is 67.1 Å². The van der Waals surface area contributed by atoms with Gasteiger partial charge in [0.25, 0.3) is 5.69 Å². The fourth-order valence-corrected chi connectivity index (χ4v) is 5.76. The SMILES string of the molecule is COc1ccc(-c2nn(-c3ccccc3)cc2/C=N\Nc2ccc([N+](=O)[O-])cc2S(=O)(=O)N2CCOCC2)cc1. The summed E-state index contributed by atoms with van der Waals surface area (Å²) < 4.78 is 40.3. The van der Waals surface area contributed by atoms with Gasteiger partial charge < -0.3 is 9.47 Å². The Labute approximate surface area is 230 Å². The Hall–Kier alpha value is -4.59. The van der Waals surface area contributed by atoms with Gasteiger partial charge in [-0.15, -0.1) is 0 Å². The van der Waals surface area contributed by atoms with Gasteiger partial charge in [-0.2, -0.15) is 14.5 Å². The minimum atomic E-state index is -4.05. The summed E-state index contributed by atoms with van der Waals surface area (Å²) in [6, 6.07) is 20.6. The number of anilines is 1. The predicted octanol–water partition coefficient (Wildman–Crippen LogP) is 3.92. The number of nitrogens with one attached hydrogen (secondary N) is 1. The highest BCUT2D eigenvalue weighted by Gasteiger charge is 2.30. The van der Waals surface area contributed by atoms with Crippen molar-refractivity contribution in [2.24, 2.45) is 5.10 Å². The smallest absolute Gasteiger partial charge is 0.270 e.